The number of likely N-dealkylation sites (tertiary alicyclic amines) is 1. The Morgan fingerprint density at radius 2 is 2.00 bits per heavy atom. The second-order valence-electron chi connectivity index (χ2n) is 6.86. The number of hydrogen-bond acceptors (Lipinski definition) is 6. The average Bonchev–Trinajstić information content (AvgIpc) is 3.10. The molecule has 0 radical (unpaired) electrons. The summed E-state index contributed by atoms with van der Waals surface area (Å²) in [7, 11) is 0. The van der Waals surface area contributed by atoms with Crippen LogP contribution >= 0.6 is 0 Å². The maximum Gasteiger partial charge on any atom is 0.309 e. The fourth-order valence-corrected chi connectivity index (χ4v) is 3.60. The Morgan fingerprint density at radius 1 is 1.25 bits per heavy atom. The molecule has 0 aliphatic carbocycles. The summed E-state index contributed by atoms with van der Waals surface area (Å²) in [5, 5.41) is 0.772. The van der Waals surface area contributed by atoms with Gasteiger partial charge >= 0.3 is 5.97 Å². The molecule has 146 valence electrons. The summed E-state index contributed by atoms with van der Waals surface area (Å²) in [6, 6.07) is 7.30. The molecule has 8 nitrogen and oxygen atoms in total. The first kappa shape index (κ1) is 18.2. The van der Waals surface area contributed by atoms with Gasteiger partial charge in [-0.2, -0.15) is 0 Å². The summed E-state index contributed by atoms with van der Waals surface area (Å²) in [4.78, 5) is 43.2. The van der Waals surface area contributed by atoms with Crippen LogP contribution in [0.15, 0.2) is 39.8 Å². The zero-order chi connectivity index (χ0) is 19.7. The quantitative estimate of drug-likeness (QED) is 0.639. The lowest BCUT2D eigenvalue weighted by molar-refractivity contribution is -0.151. The van der Waals surface area contributed by atoms with Crippen LogP contribution in [0.5, 0.6) is 0 Å². The van der Waals surface area contributed by atoms with Gasteiger partial charge in [0.1, 0.15) is 17.6 Å². The van der Waals surface area contributed by atoms with Gasteiger partial charge in [0.05, 0.1) is 18.9 Å². The molecular weight excluding hydrogens is 362 g/mol. The van der Waals surface area contributed by atoms with Crippen molar-refractivity contribution in [3.63, 3.8) is 0 Å². The van der Waals surface area contributed by atoms with Gasteiger partial charge in [0, 0.05) is 18.5 Å². The summed E-state index contributed by atoms with van der Waals surface area (Å²) in [5.41, 5.74) is 0.861. The van der Waals surface area contributed by atoms with Crippen LogP contribution in [-0.2, 0) is 20.9 Å². The molecule has 8 heteroatoms. The van der Waals surface area contributed by atoms with E-state index in [1.165, 1.54) is 10.9 Å². The third kappa shape index (κ3) is 3.26. The van der Waals surface area contributed by atoms with Crippen molar-refractivity contribution in [3.8, 4) is 0 Å². The molecule has 1 amide bonds. The highest BCUT2D eigenvalue weighted by Gasteiger charge is 2.28. The number of ether oxygens (including phenoxy) is 1. The van der Waals surface area contributed by atoms with Gasteiger partial charge in [-0.25, -0.2) is 4.98 Å². The van der Waals surface area contributed by atoms with Crippen molar-refractivity contribution in [2.24, 2.45) is 5.92 Å². The van der Waals surface area contributed by atoms with Crippen molar-refractivity contribution in [1.82, 2.24) is 14.5 Å². The molecule has 28 heavy (non-hydrogen) atoms. The zero-order valence-electron chi connectivity index (χ0n) is 15.6. The van der Waals surface area contributed by atoms with Crippen LogP contribution in [0.1, 0.15) is 19.8 Å². The molecule has 2 aromatic heterocycles. The molecule has 1 aromatic carbocycles. The number of hydrogen-bond donors (Lipinski definition) is 0. The minimum Gasteiger partial charge on any atom is -0.466 e. The molecule has 1 aliphatic heterocycles. The number of carbonyl (C=O) groups excluding carboxylic acids is 2. The third-order valence-corrected chi connectivity index (χ3v) is 5.12. The van der Waals surface area contributed by atoms with E-state index in [0.29, 0.717) is 43.6 Å². The summed E-state index contributed by atoms with van der Waals surface area (Å²) in [6.45, 7) is 2.97. The van der Waals surface area contributed by atoms with Crippen molar-refractivity contribution in [1.29, 1.82) is 0 Å². The van der Waals surface area contributed by atoms with Crippen molar-refractivity contribution in [3.05, 3.63) is 40.9 Å². The highest BCUT2D eigenvalue weighted by molar-refractivity contribution is 6.01. The summed E-state index contributed by atoms with van der Waals surface area (Å²) in [6.07, 6.45) is 2.52. The Morgan fingerprint density at radius 3 is 2.75 bits per heavy atom. The Hall–Kier alpha value is -3.16. The minimum absolute atomic E-state index is 0.108. The van der Waals surface area contributed by atoms with E-state index >= 15 is 0 Å². The lowest BCUT2D eigenvalue weighted by atomic mass is 9.97. The highest BCUT2D eigenvalue weighted by Crippen LogP contribution is 2.24. The van der Waals surface area contributed by atoms with Gasteiger partial charge in [0.15, 0.2) is 0 Å². The highest BCUT2D eigenvalue weighted by atomic mass is 16.5. The van der Waals surface area contributed by atoms with Crippen molar-refractivity contribution >= 4 is 33.9 Å². The number of carbonyl (C=O) groups is 2. The number of fused-ring (bicyclic) bond motifs is 3. The molecule has 0 spiro atoms. The molecule has 1 fully saturated rings. The molecule has 1 aliphatic rings. The van der Waals surface area contributed by atoms with Gasteiger partial charge in [-0.1, -0.05) is 12.1 Å². The lowest BCUT2D eigenvalue weighted by Gasteiger charge is -2.31. The van der Waals surface area contributed by atoms with Crippen LogP contribution in [-0.4, -0.2) is 46.0 Å². The summed E-state index contributed by atoms with van der Waals surface area (Å²) >= 11 is 0. The van der Waals surface area contributed by atoms with Crippen LogP contribution in [0.3, 0.4) is 0 Å². The average molecular weight is 383 g/mol. The maximum atomic E-state index is 12.7. The summed E-state index contributed by atoms with van der Waals surface area (Å²) in [5.74, 6) is -0.549. The fourth-order valence-electron chi connectivity index (χ4n) is 3.60. The van der Waals surface area contributed by atoms with Gasteiger partial charge < -0.3 is 14.1 Å². The maximum absolute atomic E-state index is 12.7. The van der Waals surface area contributed by atoms with E-state index in [2.05, 4.69) is 4.98 Å². The predicted molar refractivity (Wildman–Crippen MR) is 102 cm³/mol. The first-order valence-electron chi connectivity index (χ1n) is 9.39. The number of furan rings is 1. The normalized spacial score (nSPS) is 15.2. The van der Waals surface area contributed by atoms with Gasteiger partial charge in [-0.15, -0.1) is 0 Å². The minimum atomic E-state index is -0.379. The van der Waals surface area contributed by atoms with Crippen LogP contribution in [0.4, 0.5) is 0 Å². The molecule has 0 saturated carbocycles. The number of amides is 1. The topological polar surface area (TPSA) is 94.6 Å². The number of aromatic nitrogens is 2. The van der Waals surface area contributed by atoms with Gasteiger partial charge in [-0.3, -0.25) is 19.0 Å². The molecular formula is C20H21N3O5. The number of benzene rings is 1. The Kier molecular flexibility index (Phi) is 4.85. The van der Waals surface area contributed by atoms with Crippen LogP contribution in [0.2, 0.25) is 0 Å². The van der Waals surface area contributed by atoms with Crippen LogP contribution < -0.4 is 5.56 Å². The third-order valence-electron chi connectivity index (χ3n) is 5.12. The number of rotatable bonds is 4. The molecule has 4 rings (SSSR count). The number of nitrogens with zero attached hydrogens (tertiary/aromatic N) is 3. The molecule has 0 N–H and O–H groups in total. The number of para-hydroxylation sites is 1. The molecule has 1 saturated heterocycles. The van der Waals surface area contributed by atoms with Gasteiger partial charge in [0.2, 0.25) is 11.5 Å². The first-order chi connectivity index (χ1) is 13.6. The predicted octanol–water partition coefficient (Wildman–Crippen LogP) is 1.94. The second-order valence-corrected chi connectivity index (χ2v) is 6.86. The smallest absolute Gasteiger partial charge is 0.309 e. The van der Waals surface area contributed by atoms with E-state index in [9.17, 15) is 14.4 Å². The van der Waals surface area contributed by atoms with E-state index in [1.54, 1.807) is 17.9 Å². The zero-order valence-corrected chi connectivity index (χ0v) is 15.6. The van der Waals surface area contributed by atoms with E-state index in [-0.39, 0.29) is 35.5 Å². The van der Waals surface area contributed by atoms with E-state index in [1.807, 2.05) is 18.2 Å². The van der Waals surface area contributed by atoms with Crippen molar-refractivity contribution in [2.45, 2.75) is 26.3 Å². The van der Waals surface area contributed by atoms with Crippen molar-refractivity contribution < 1.29 is 18.7 Å². The standard InChI is InChI=1S/C20H21N3O5/c1-2-27-20(26)13-7-9-22(10-8-13)16(24)11-23-12-21-17-14-5-3-4-6-15(14)28-18(17)19(23)25/h3-6,12-13H,2,7-11H2,1H3. The van der Waals surface area contributed by atoms with Crippen LogP contribution in [0.25, 0.3) is 22.1 Å². The second kappa shape index (κ2) is 7.46. The largest absolute Gasteiger partial charge is 0.466 e. The molecule has 3 aromatic rings. The van der Waals surface area contributed by atoms with E-state index in [4.69, 9.17) is 9.15 Å². The molecule has 3 heterocycles. The lowest BCUT2D eigenvalue weighted by Crippen LogP contribution is -2.43. The SMILES string of the molecule is CCOC(=O)C1CCN(C(=O)Cn2cnc3c(oc4ccccc43)c2=O)CC1. The molecule has 0 bridgehead atoms. The Labute approximate surface area is 160 Å². The van der Waals surface area contributed by atoms with Crippen molar-refractivity contribution in [2.75, 3.05) is 19.7 Å². The van der Waals surface area contributed by atoms with Crippen LogP contribution in [0, 0.1) is 5.92 Å². The van der Waals surface area contributed by atoms with E-state index < -0.39 is 0 Å². The number of piperidine rings is 1. The van der Waals surface area contributed by atoms with Gasteiger partial charge in [0.25, 0.3) is 5.56 Å². The monoisotopic (exact) mass is 383 g/mol. The molecule has 0 unspecified atom stereocenters. The first-order valence-corrected chi connectivity index (χ1v) is 9.39. The number of esters is 1. The Bertz CT molecular complexity index is 1090. The van der Waals surface area contributed by atoms with Gasteiger partial charge in [-0.05, 0) is 31.9 Å². The Balaban J connectivity index is 1.49. The summed E-state index contributed by atoms with van der Waals surface area (Å²) < 4.78 is 12.0. The molecule has 0 atom stereocenters. The van der Waals surface area contributed by atoms with E-state index in [0.717, 1.165) is 5.39 Å². The fraction of sp³-hybridized carbons (Fsp3) is 0.400.